The molecule has 222 valence electrons. The average Bonchev–Trinajstić information content (AvgIpc) is 3.63. The van der Waals surface area contributed by atoms with Crippen LogP contribution in [-0.4, -0.2) is 72.4 Å². The summed E-state index contributed by atoms with van der Waals surface area (Å²) in [4.78, 5) is 28.7. The number of nitrogens with one attached hydrogen (secondary N) is 2. The third-order valence-electron chi connectivity index (χ3n) is 7.05. The van der Waals surface area contributed by atoms with Crippen LogP contribution in [0.2, 0.25) is 5.15 Å². The minimum absolute atomic E-state index is 0.0892. The van der Waals surface area contributed by atoms with Crippen LogP contribution in [0, 0.1) is 0 Å². The molecule has 0 spiro atoms. The number of ether oxygens (including phenoxy) is 1. The maximum absolute atomic E-state index is 13.0. The van der Waals surface area contributed by atoms with Crippen LogP contribution in [0.1, 0.15) is 49.7 Å². The number of aromatic amines is 1. The van der Waals surface area contributed by atoms with E-state index in [1.54, 1.807) is 14.1 Å². The van der Waals surface area contributed by atoms with Gasteiger partial charge in [0.2, 0.25) is 5.82 Å². The zero-order chi connectivity index (χ0) is 30.1. The van der Waals surface area contributed by atoms with Crippen molar-refractivity contribution in [2.75, 3.05) is 14.1 Å². The molecule has 0 saturated carbocycles. The Balaban J connectivity index is 1.56. The fraction of sp³-hybridized carbons (Fsp3) is 0.379. The third-order valence-corrected chi connectivity index (χ3v) is 7.35. The minimum Gasteiger partial charge on any atom is -0.481 e. The largest absolute Gasteiger partial charge is 0.481 e. The summed E-state index contributed by atoms with van der Waals surface area (Å²) in [5.41, 5.74) is 7.33. The Hall–Kier alpha value is -4.13. The van der Waals surface area contributed by atoms with Crippen molar-refractivity contribution in [3.63, 3.8) is 0 Å². The molecule has 0 saturated heterocycles. The number of benzene rings is 2. The molecule has 2 aromatic carbocycles. The maximum Gasteiger partial charge on any atom is 0.325 e. The number of aliphatic carboxylic acids is 1. The summed E-state index contributed by atoms with van der Waals surface area (Å²) in [5, 5.41) is 25.4. The minimum atomic E-state index is -0.983. The van der Waals surface area contributed by atoms with Crippen molar-refractivity contribution < 1.29 is 19.4 Å². The van der Waals surface area contributed by atoms with Gasteiger partial charge in [-0.1, -0.05) is 73.5 Å². The highest BCUT2D eigenvalue weighted by Gasteiger charge is 2.26. The molecule has 0 aliphatic heterocycles. The number of aryl methyl sites for hydroxylation is 1. The predicted molar refractivity (Wildman–Crippen MR) is 157 cm³/mol. The summed E-state index contributed by atoms with van der Waals surface area (Å²) in [7, 11) is 3.32. The first kappa shape index (κ1) is 30.8. The van der Waals surface area contributed by atoms with Gasteiger partial charge in [0.15, 0.2) is 5.15 Å². The molecule has 1 atom stereocenters. The Labute approximate surface area is 249 Å². The second kappa shape index (κ2) is 14.7. The van der Waals surface area contributed by atoms with E-state index in [-0.39, 0.29) is 24.6 Å². The number of hydrogen-bond donors (Lipinski definition) is 3. The van der Waals surface area contributed by atoms with Crippen LogP contribution in [0.3, 0.4) is 0 Å². The van der Waals surface area contributed by atoms with E-state index in [1.165, 1.54) is 5.01 Å². The normalized spacial score (nSPS) is 12.0. The lowest BCUT2D eigenvalue weighted by molar-refractivity contribution is -0.153. The fourth-order valence-corrected chi connectivity index (χ4v) is 4.91. The molecule has 2 heterocycles. The quantitative estimate of drug-likeness (QED) is 0.135. The molecule has 4 aromatic rings. The van der Waals surface area contributed by atoms with E-state index >= 15 is 0 Å². The van der Waals surface area contributed by atoms with Gasteiger partial charge in [-0.3, -0.25) is 15.0 Å². The van der Waals surface area contributed by atoms with Gasteiger partial charge in [0.1, 0.15) is 18.5 Å². The molecule has 0 bridgehead atoms. The van der Waals surface area contributed by atoms with E-state index in [0.717, 1.165) is 47.3 Å². The number of rotatable bonds is 15. The van der Waals surface area contributed by atoms with Crippen molar-refractivity contribution >= 4 is 23.5 Å². The number of esters is 1. The van der Waals surface area contributed by atoms with Crippen LogP contribution < -0.4 is 5.43 Å². The monoisotopic (exact) mass is 594 g/mol. The van der Waals surface area contributed by atoms with E-state index in [9.17, 15) is 9.59 Å². The molecule has 0 aliphatic carbocycles. The van der Waals surface area contributed by atoms with Gasteiger partial charge in [0.05, 0.1) is 5.69 Å². The fourth-order valence-electron chi connectivity index (χ4n) is 4.65. The van der Waals surface area contributed by atoms with E-state index in [0.29, 0.717) is 18.1 Å². The molecule has 0 unspecified atom stereocenters. The van der Waals surface area contributed by atoms with Crippen LogP contribution in [0.4, 0.5) is 0 Å². The number of carbonyl (C=O) groups is 2. The SMILES string of the molecule is CCCCc1nc(Cl)c(COC(=O)[C@@H](CCC(=O)O)N(C)NC)n1Cc1ccc(-c2ccccc2-c2nn[nH]n2)cc1. The van der Waals surface area contributed by atoms with Crippen LogP contribution in [0.25, 0.3) is 22.5 Å². The van der Waals surface area contributed by atoms with E-state index in [1.807, 2.05) is 53.1 Å². The molecule has 12 nitrogen and oxygen atoms in total. The van der Waals surface area contributed by atoms with Gasteiger partial charge in [-0.2, -0.15) is 5.21 Å². The van der Waals surface area contributed by atoms with Gasteiger partial charge in [-0.05, 0) is 41.8 Å². The molecule has 42 heavy (non-hydrogen) atoms. The molecular weight excluding hydrogens is 560 g/mol. The first-order chi connectivity index (χ1) is 20.3. The standard InChI is InChI=1S/C29H35ClN8O4/c1-4-5-10-25-32-27(30)24(18-42-29(41)23(37(3)31-2)15-16-26(39)40)38(25)17-19-11-13-20(14-12-19)21-8-6-7-9-22(21)28-33-35-36-34-28/h6-9,11-14,23,31H,4-5,10,15-18H2,1-3H3,(H,39,40)(H,33,34,35,36)/t23-/m1/s1. The average molecular weight is 595 g/mol. The van der Waals surface area contributed by atoms with Gasteiger partial charge in [0.25, 0.3) is 0 Å². The van der Waals surface area contributed by atoms with Gasteiger partial charge in [0, 0.05) is 32.0 Å². The summed E-state index contributed by atoms with van der Waals surface area (Å²) in [6, 6.07) is 15.3. The van der Waals surface area contributed by atoms with Crippen molar-refractivity contribution in [1.29, 1.82) is 0 Å². The van der Waals surface area contributed by atoms with E-state index in [2.05, 4.69) is 38.0 Å². The van der Waals surface area contributed by atoms with E-state index < -0.39 is 18.0 Å². The highest BCUT2D eigenvalue weighted by molar-refractivity contribution is 6.30. The smallest absolute Gasteiger partial charge is 0.325 e. The Kier molecular flexibility index (Phi) is 10.8. The number of halogens is 1. The summed E-state index contributed by atoms with van der Waals surface area (Å²) in [6.45, 7) is 2.50. The van der Waals surface area contributed by atoms with Crippen molar-refractivity contribution in [2.24, 2.45) is 0 Å². The molecule has 0 fully saturated rings. The Morgan fingerprint density at radius 3 is 2.55 bits per heavy atom. The van der Waals surface area contributed by atoms with Crippen LogP contribution in [-0.2, 0) is 33.9 Å². The third kappa shape index (κ3) is 7.58. The van der Waals surface area contributed by atoms with Crippen LogP contribution in [0.5, 0.6) is 0 Å². The lowest BCUT2D eigenvalue weighted by Crippen LogP contribution is -2.46. The number of hydrazine groups is 1. The Bertz CT molecular complexity index is 1470. The predicted octanol–water partition coefficient (Wildman–Crippen LogP) is 4.12. The number of carbonyl (C=O) groups excluding carboxylic acids is 1. The zero-order valence-electron chi connectivity index (χ0n) is 23.9. The molecule has 0 radical (unpaired) electrons. The van der Waals surface area contributed by atoms with Crippen molar-refractivity contribution in [3.05, 3.63) is 70.8 Å². The van der Waals surface area contributed by atoms with E-state index in [4.69, 9.17) is 21.4 Å². The zero-order valence-corrected chi connectivity index (χ0v) is 24.6. The first-order valence-electron chi connectivity index (χ1n) is 13.8. The molecule has 0 amide bonds. The second-order valence-electron chi connectivity index (χ2n) is 9.82. The number of likely N-dealkylation sites (N-methyl/N-ethyl adjacent to an activating group) is 1. The molecule has 13 heteroatoms. The summed E-state index contributed by atoms with van der Waals surface area (Å²) in [6.07, 6.45) is 2.58. The molecule has 3 N–H and O–H groups in total. The van der Waals surface area contributed by atoms with Crippen molar-refractivity contribution in [1.82, 2.24) is 40.6 Å². The summed E-state index contributed by atoms with van der Waals surface area (Å²) < 4.78 is 7.67. The molecule has 4 rings (SSSR count). The first-order valence-corrected chi connectivity index (χ1v) is 14.1. The number of nitrogens with zero attached hydrogens (tertiary/aromatic N) is 6. The molecular formula is C29H35ClN8O4. The van der Waals surface area contributed by atoms with Crippen LogP contribution in [0.15, 0.2) is 48.5 Å². The van der Waals surface area contributed by atoms with Crippen molar-refractivity contribution in [3.8, 4) is 22.5 Å². The molecule has 0 aliphatic rings. The number of carboxylic acid groups (broad SMARTS) is 1. The van der Waals surface area contributed by atoms with Gasteiger partial charge in [-0.25, -0.2) is 9.99 Å². The number of imidazole rings is 1. The lowest BCUT2D eigenvalue weighted by atomic mass is 9.98. The number of hydrogen-bond acceptors (Lipinski definition) is 9. The highest BCUT2D eigenvalue weighted by Crippen LogP contribution is 2.30. The Morgan fingerprint density at radius 2 is 1.90 bits per heavy atom. The second-order valence-corrected chi connectivity index (χ2v) is 10.2. The number of unbranched alkanes of at least 4 members (excludes halogenated alkanes) is 1. The van der Waals surface area contributed by atoms with Crippen LogP contribution >= 0.6 is 11.6 Å². The van der Waals surface area contributed by atoms with Gasteiger partial charge >= 0.3 is 11.9 Å². The number of carboxylic acids is 1. The Morgan fingerprint density at radius 1 is 1.17 bits per heavy atom. The number of aromatic nitrogens is 6. The maximum atomic E-state index is 13.0. The van der Waals surface area contributed by atoms with Crippen molar-refractivity contribution in [2.45, 2.75) is 58.2 Å². The summed E-state index contributed by atoms with van der Waals surface area (Å²) >= 11 is 6.58. The van der Waals surface area contributed by atoms with Gasteiger partial charge in [-0.15, -0.1) is 10.2 Å². The highest BCUT2D eigenvalue weighted by atomic mass is 35.5. The number of H-pyrrole nitrogens is 1. The number of tetrazole rings is 1. The lowest BCUT2D eigenvalue weighted by Gasteiger charge is -2.25. The molecule has 2 aromatic heterocycles. The summed E-state index contributed by atoms with van der Waals surface area (Å²) in [5.74, 6) is -0.192. The topological polar surface area (TPSA) is 151 Å². The van der Waals surface area contributed by atoms with Gasteiger partial charge < -0.3 is 14.4 Å².